The number of hydrogen-bond acceptors (Lipinski definition) is 8. The number of amides is 1. The van der Waals surface area contributed by atoms with E-state index in [1.165, 1.54) is 59.8 Å². The number of nitrogens with zero attached hydrogens (tertiary/aromatic N) is 1. The van der Waals surface area contributed by atoms with Crippen molar-refractivity contribution in [3.63, 3.8) is 0 Å². The molecule has 0 atom stereocenters. The van der Waals surface area contributed by atoms with Crippen LogP contribution in [0.15, 0.2) is 65.6 Å². The van der Waals surface area contributed by atoms with Gasteiger partial charge in [-0.15, -0.1) is 0 Å². The topological polar surface area (TPSA) is 113 Å². The van der Waals surface area contributed by atoms with Crippen LogP contribution in [0.5, 0.6) is 28.7 Å². The van der Waals surface area contributed by atoms with Gasteiger partial charge in [0.25, 0.3) is 10.0 Å². The number of methoxy groups -OCH3 is 5. The van der Waals surface area contributed by atoms with E-state index in [-0.39, 0.29) is 28.6 Å². The number of hydrogen-bond donors (Lipinski definition) is 1. The van der Waals surface area contributed by atoms with E-state index in [0.717, 1.165) is 9.87 Å². The molecule has 0 unspecified atom stereocenters. The fourth-order valence-electron chi connectivity index (χ4n) is 3.62. The zero-order valence-corrected chi connectivity index (χ0v) is 22.1. The van der Waals surface area contributed by atoms with Gasteiger partial charge in [0.05, 0.1) is 46.1 Å². The van der Waals surface area contributed by atoms with Crippen LogP contribution >= 0.6 is 0 Å². The minimum Gasteiger partial charge on any atom is -0.497 e. The van der Waals surface area contributed by atoms with E-state index in [1.54, 1.807) is 18.2 Å². The Labute approximate surface area is 216 Å². The molecule has 0 aliphatic rings. The summed E-state index contributed by atoms with van der Waals surface area (Å²) in [6, 6.07) is 16.1. The maximum absolute atomic E-state index is 13.9. The molecule has 37 heavy (non-hydrogen) atoms. The Kier molecular flexibility index (Phi) is 9.07. The molecule has 0 aromatic heterocycles. The molecule has 0 saturated carbocycles. The molecule has 0 heterocycles. The van der Waals surface area contributed by atoms with Gasteiger partial charge in [-0.2, -0.15) is 0 Å². The minimum absolute atomic E-state index is 0.104. The largest absolute Gasteiger partial charge is 0.497 e. The van der Waals surface area contributed by atoms with Crippen LogP contribution in [-0.2, 0) is 21.4 Å². The molecule has 1 amide bonds. The first-order chi connectivity index (χ1) is 17.8. The monoisotopic (exact) mass is 530 g/mol. The van der Waals surface area contributed by atoms with Gasteiger partial charge in [-0.1, -0.05) is 18.2 Å². The van der Waals surface area contributed by atoms with Gasteiger partial charge in [0.2, 0.25) is 5.91 Å². The number of nitrogens with one attached hydrogen (secondary N) is 1. The van der Waals surface area contributed by atoms with Gasteiger partial charge in [0.15, 0.2) is 11.5 Å². The van der Waals surface area contributed by atoms with Crippen molar-refractivity contribution in [2.75, 3.05) is 46.4 Å². The summed E-state index contributed by atoms with van der Waals surface area (Å²) in [5, 5.41) is 2.76. The molecule has 3 rings (SSSR count). The fraction of sp³-hybridized carbons (Fsp3) is 0.269. The molecule has 0 fully saturated rings. The van der Waals surface area contributed by atoms with Crippen molar-refractivity contribution in [1.82, 2.24) is 5.32 Å². The number of carbonyl (C=O) groups is 1. The summed E-state index contributed by atoms with van der Waals surface area (Å²) in [6.45, 7) is -0.391. The van der Waals surface area contributed by atoms with Crippen LogP contribution in [-0.4, -0.2) is 56.4 Å². The highest BCUT2D eigenvalue weighted by atomic mass is 32.2. The summed E-state index contributed by atoms with van der Waals surface area (Å²) in [5.41, 5.74) is 0.871. The minimum atomic E-state index is -4.28. The number of carbonyl (C=O) groups excluding carboxylic acids is 1. The summed E-state index contributed by atoms with van der Waals surface area (Å²) in [6.07, 6.45) is 0. The van der Waals surface area contributed by atoms with Crippen LogP contribution in [0.2, 0.25) is 0 Å². The second-order valence-electron chi connectivity index (χ2n) is 7.65. The van der Waals surface area contributed by atoms with Crippen LogP contribution in [0.3, 0.4) is 0 Å². The molecule has 3 aromatic carbocycles. The van der Waals surface area contributed by atoms with E-state index >= 15 is 0 Å². The third-order valence-corrected chi connectivity index (χ3v) is 7.31. The molecule has 0 aliphatic heterocycles. The molecular weight excluding hydrogens is 500 g/mol. The van der Waals surface area contributed by atoms with E-state index in [0.29, 0.717) is 17.2 Å². The van der Waals surface area contributed by atoms with Crippen LogP contribution in [0.25, 0.3) is 0 Å². The van der Waals surface area contributed by atoms with E-state index < -0.39 is 22.5 Å². The molecule has 3 aromatic rings. The number of anilines is 1. The highest BCUT2D eigenvalue weighted by molar-refractivity contribution is 7.92. The Balaban J connectivity index is 2.02. The third-order valence-electron chi connectivity index (χ3n) is 5.55. The van der Waals surface area contributed by atoms with Crippen molar-refractivity contribution in [3.05, 3.63) is 66.2 Å². The summed E-state index contributed by atoms with van der Waals surface area (Å²) >= 11 is 0. The first-order valence-corrected chi connectivity index (χ1v) is 12.6. The summed E-state index contributed by atoms with van der Waals surface area (Å²) in [7, 11) is 2.97. The lowest BCUT2D eigenvalue weighted by molar-refractivity contribution is -0.119. The zero-order chi connectivity index (χ0) is 27.0. The van der Waals surface area contributed by atoms with Gasteiger partial charge in [0.1, 0.15) is 23.8 Å². The lowest BCUT2D eigenvalue weighted by Gasteiger charge is -2.26. The van der Waals surface area contributed by atoms with Gasteiger partial charge in [0, 0.05) is 24.2 Å². The highest BCUT2D eigenvalue weighted by Crippen LogP contribution is 2.37. The second kappa shape index (κ2) is 12.2. The van der Waals surface area contributed by atoms with Crippen molar-refractivity contribution in [3.8, 4) is 28.7 Å². The lowest BCUT2D eigenvalue weighted by Crippen LogP contribution is -2.41. The molecule has 11 heteroatoms. The van der Waals surface area contributed by atoms with Crippen molar-refractivity contribution >= 4 is 21.6 Å². The van der Waals surface area contributed by atoms with E-state index in [4.69, 9.17) is 23.7 Å². The molecule has 0 spiro atoms. The quantitative estimate of drug-likeness (QED) is 0.380. The van der Waals surface area contributed by atoms with Crippen molar-refractivity contribution in [1.29, 1.82) is 0 Å². The summed E-state index contributed by atoms with van der Waals surface area (Å²) in [5.74, 6) is 1.27. The zero-order valence-electron chi connectivity index (χ0n) is 21.3. The molecule has 10 nitrogen and oxygen atoms in total. The Morgan fingerprint density at radius 1 is 0.757 bits per heavy atom. The van der Waals surface area contributed by atoms with Gasteiger partial charge in [-0.25, -0.2) is 8.42 Å². The van der Waals surface area contributed by atoms with E-state index in [9.17, 15) is 13.2 Å². The fourth-order valence-corrected chi connectivity index (χ4v) is 5.06. The first-order valence-electron chi connectivity index (χ1n) is 11.1. The molecule has 0 radical (unpaired) electrons. The van der Waals surface area contributed by atoms with Crippen LogP contribution in [0.4, 0.5) is 5.69 Å². The van der Waals surface area contributed by atoms with Crippen LogP contribution in [0, 0.1) is 0 Å². The molecule has 0 saturated heterocycles. The normalized spacial score (nSPS) is 10.8. The number of rotatable bonds is 12. The molecule has 0 bridgehead atoms. The Bertz CT molecular complexity index is 1340. The lowest BCUT2D eigenvalue weighted by atomic mass is 10.2. The van der Waals surface area contributed by atoms with Gasteiger partial charge >= 0.3 is 0 Å². The average Bonchev–Trinajstić information content (AvgIpc) is 2.93. The smallest absolute Gasteiger partial charge is 0.265 e. The standard InChI is InChI=1S/C26H30N2O8S/c1-32-19-10-12-23(34-3)21(14-19)28(17-26(29)27-16-18-8-6-7-9-22(18)33-2)37(30,31)20-11-13-24(35-4)25(15-20)36-5/h6-15H,16-17H2,1-5H3,(H,27,29). The number of ether oxygens (including phenoxy) is 5. The van der Waals surface area contributed by atoms with E-state index in [1.807, 2.05) is 18.2 Å². The van der Waals surface area contributed by atoms with Gasteiger partial charge in [-0.3, -0.25) is 9.10 Å². The van der Waals surface area contributed by atoms with Crippen molar-refractivity contribution < 1.29 is 36.9 Å². The van der Waals surface area contributed by atoms with Crippen LogP contribution < -0.4 is 33.3 Å². The third kappa shape index (κ3) is 6.18. The predicted octanol–water partition coefficient (Wildman–Crippen LogP) is 3.24. The first kappa shape index (κ1) is 27.5. The van der Waals surface area contributed by atoms with Crippen molar-refractivity contribution in [2.24, 2.45) is 0 Å². The highest BCUT2D eigenvalue weighted by Gasteiger charge is 2.31. The van der Waals surface area contributed by atoms with Gasteiger partial charge < -0.3 is 29.0 Å². The molecule has 198 valence electrons. The maximum Gasteiger partial charge on any atom is 0.265 e. The van der Waals surface area contributed by atoms with Gasteiger partial charge in [-0.05, 0) is 30.3 Å². The summed E-state index contributed by atoms with van der Waals surface area (Å²) in [4.78, 5) is 13.0. The number of benzene rings is 3. The van der Waals surface area contributed by atoms with E-state index in [2.05, 4.69) is 5.32 Å². The van der Waals surface area contributed by atoms with Crippen molar-refractivity contribution in [2.45, 2.75) is 11.4 Å². The SMILES string of the molecule is COc1ccc(OC)c(N(CC(=O)NCc2ccccc2OC)S(=O)(=O)c2ccc(OC)c(OC)c2)c1. The Hall–Kier alpha value is -4.12. The number of para-hydroxylation sites is 1. The average molecular weight is 531 g/mol. The molecule has 0 aliphatic carbocycles. The molecule has 1 N–H and O–H groups in total. The Morgan fingerprint density at radius 2 is 1.41 bits per heavy atom. The second-order valence-corrected chi connectivity index (χ2v) is 9.52. The number of sulfonamides is 1. The maximum atomic E-state index is 13.9. The Morgan fingerprint density at radius 3 is 2.05 bits per heavy atom. The predicted molar refractivity (Wildman–Crippen MR) is 138 cm³/mol. The summed E-state index contributed by atoms with van der Waals surface area (Å²) < 4.78 is 55.4. The molecular formula is C26H30N2O8S. The van der Waals surface area contributed by atoms with Crippen LogP contribution in [0.1, 0.15) is 5.56 Å².